The number of hydrogen-bond acceptors (Lipinski definition) is 4. The number of carbonyl (C=O) groups is 2. The molecule has 0 aliphatic carbocycles. The molecule has 0 spiro atoms. The quantitative estimate of drug-likeness (QED) is 0.639. The first kappa shape index (κ1) is 17.2. The van der Waals surface area contributed by atoms with Crippen LogP contribution in [0, 0.1) is 12.8 Å². The molecule has 2 atom stereocenters. The highest BCUT2D eigenvalue weighted by molar-refractivity contribution is 5.95. The first-order chi connectivity index (χ1) is 9.60. The summed E-state index contributed by atoms with van der Waals surface area (Å²) in [5.41, 5.74) is 7.16. The van der Waals surface area contributed by atoms with Crippen LogP contribution in [0.1, 0.15) is 31.9 Å². The molecule has 0 fully saturated rings. The highest BCUT2D eigenvalue weighted by atomic mass is 16.6. The van der Waals surface area contributed by atoms with E-state index >= 15 is 0 Å². The second-order valence-electron chi connectivity index (χ2n) is 6.21. The van der Waals surface area contributed by atoms with Crippen LogP contribution in [0.15, 0.2) is 24.3 Å². The molecule has 3 N–H and O–H groups in total. The van der Waals surface area contributed by atoms with Crippen LogP contribution in [0.3, 0.4) is 0 Å². The summed E-state index contributed by atoms with van der Waals surface area (Å²) in [6.45, 7) is 7.01. The Balaban J connectivity index is 2.85. The molecule has 1 aromatic rings. The van der Waals surface area contributed by atoms with Gasteiger partial charge in [-0.05, 0) is 39.7 Å². The fraction of sp³-hybridized carbons (Fsp3) is 0.500. The molecule has 21 heavy (non-hydrogen) atoms. The summed E-state index contributed by atoms with van der Waals surface area (Å²) in [6.07, 6.45) is 0.303. The Morgan fingerprint density at radius 3 is 2.43 bits per heavy atom. The zero-order valence-corrected chi connectivity index (χ0v) is 12.9. The van der Waals surface area contributed by atoms with E-state index in [2.05, 4.69) is 0 Å². The Hall–Kier alpha value is -1.88. The van der Waals surface area contributed by atoms with Gasteiger partial charge in [0.2, 0.25) is 0 Å². The lowest BCUT2D eigenvalue weighted by Crippen LogP contribution is -2.45. The minimum Gasteiger partial charge on any atom is -0.481 e. The Labute approximate surface area is 125 Å². The second-order valence-corrected chi connectivity index (χ2v) is 6.21. The van der Waals surface area contributed by atoms with E-state index in [9.17, 15) is 14.7 Å². The van der Waals surface area contributed by atoms with Crippen LogP contribution in [-0.4, -0.2) is 28.7 Å². The first-order valence-corrected chi connectivity index (χ1v) is 6.87. The summed E-state index contributed by atoms with van der Waals surface area (Å²) in [4.78, 5) is 23.4. The van der Waals surface area contributed by atoms with E-state index in [-0.39, 0.29) is 0 Å². The Kier molecular flexibility index (Phi) is 5.49. The molecule has 116 valence electrons. The topological polar surface area (TPSA) is 89.6 Å². The van der Waals surface area contributed by atoms with Gasteiger partial charge in [-0.2, -0.15) is 0 Å². The number of ether oxygens (including phenoxy) is 1. The number of aliphatic carboxylic acids is 1. The molecule has 1 rings (SSSR count). The molecule has 0 saturated carbocycles. The maximum absolute atomic E-state index is 12.0. The lowest BCUT2D eigenvalue weighted by Gasteiger charge is -2.25. The number of carboxylic acids is 1. The molecule has 0 aromatic heterocycles. The smallest absolute Gasteiger partial charge is 0.322 e. The van der Waals surface area contributed by atoms with Gasteiger partial charge in [-0.15, -0.1) is 0 Å². The van der Waals surface area contributed by atoms with Gasteiger partial charge < -0.3 is 15.6 Å². The van der Waals surface area contributed by atoms with E-state index in [1.54, 1.807) is 20.8 Å². The van der Waals surface area contributed by atoms with Gasteiger partial charge in [0.1, 0.15) is 5.60 Å². The van der Waals surface area contributed by atoms with Crippen molar-refractivity contribution >= 4 is 11.9 Å². The number of aryl methyl sites for hydroxylation is 1. The summed E-state index contributed by atoms with van der Waals surface area (Å²) in [5, 5.41) is 9.26. The SMILES string of the molecule is Cc1cccc(C[C@H](N)[C@H](C(=O)O)C(=O)OC(C)(C)C)c1. The van der Waals surface area contributed by atoms with Gasteiger partial charge in [0.25, 0.3) is 0 Å². The standard InChI is InChI=1S/C16H23NO4/c1-10-6-5-7-11(8-10)9-12(17)13(14(18)19)15(20)21-16(2,3)4/h5-8,12-13H,9,17H2,1-4H3,(H,18,19)/t12-,13+/m0/s1. The number of nitrogens with two attached hydrogens (primary N) is 1. The van der Waals surface area contributed by atoms with Crippen LogP contribution < -0.4 is 5.73 Å². The molecule has 0 aliphatic rings. The second kappa shape index (κ2) is 6.72. The van der Waals surface area contributed by atoms with Crippen molar-refractivity contribution in [3.63, 3.8) is 0 Å². The fourth-order valence-corrected chi connectivity index (χ4v) is 2.05. The van der Waals surface area contributed by atoms with Crippen LogP contribution in [0.25, 0.3) is 0 Å². The predicted octanol–water partition coefficient (Wildman–Crippen LogP) is 1.91. The van der Waals surface area contributed by atoms with Crippen molar-refractivity contribution in [3.05, 3.63) is 35.4 Å². The first-order valence-electron chi connectivity index (χ1n) is 6.87. The molecular formula is C16H23NO4. The normalized spacial score (nSPS) is 14.3. The van der Waals surface area contributed by atoms with E-state index in [1.165, 1.54) is 0 Å². The summed E-state index contributed by atoms with van der Waals surface area (Å²) < 4.78 is 5.14. The molecule has 0 unspecified atom stereocenters. The van der Waals surface area contributed by atoms with E-state index in [0.717, 1.165) is 11.1 Å². The van der Waals surface area contributed by atoms with Crippen LogP contribution in [0.4, 0.5) is 0 Å². The van der Waals surface area contributed by atoms with Crippen molar-refractivity contribution in [1.29, 1.82) is 0 Å². The minimum absolute atomic E-state index is 0.303. The lowest BCUT2D eigenvalue weighted by molar-refractivity contribution is -0.167. The third kappa shape index (κ3) is 5.55. The highest BCUT2D eigenvalue weighted by Gasteiger charge is 2.36. The van der Waals surface area contributed by atoms with Gasteiger partial charge in [-0.25, -0.2) is 0 Å². The van der Waals surface area contributed by atoms with Crippen molar-refractivity contribution in [2.75, 3.05) is 0 Å². The van der Waals surface area contributed by atoms with Crippen LogP contribution in [-0.2, 0) is 20.7 Å². The zero-order chi connectivity index (χ0) is 16.2. The van der Waals surface area contributed by atoms with Gasteiger partial charge in [0.05, 0.1) is 0 Å². The number of esters is 1. The highest BCUT2D eigenvalue weighted by Crippen LogP contribution is 2.17. The van der Waals surface area contributed by atoms with Crippen LogP contribution >= 0.6 is 0 Å². The molecule has 1 aromatic carbocycles. The van der Waals surface area contributed by atoms with Crippen LogP contribution in [0.5, 0.6) is 0 Å². The average molecular weight is 293 g/mol. The molecule has 5 heteroatoms. The Bertz CT molecular complexity index is 519. The van der Waals surface area contributed by atoms with E-state index in [4.69, 9.17) is 10.5 Å². The number of carboxylic acid groups (broad SMARTS) is 1. The van der Waals surface area contributed by atoms with Crippen molar-refractivity contribution in [2.45, 2.75) is 45.8 Å². The zero-order valence-electron chi connectivity index (χ0n) is 12.9. The van der Waals surface area contributed by atoms with E-state index < -0.39 is 29.5 Å². The number of benzene rings is 1. The Morgan fingerprint density at radius 2 is 1.95 bits per heavy atom. The van der Waals surface area contributed by atoms with Gasteiger partial charge in [0, 0.05) is 6.04 Å². The molecule has 0 bridgehead atoms. The van der Waals surface area contributed by atoms with Gasteiger partial charge in [-0.1, -0.05) is 29.8 Å². The third-order valence-corrected chi connectivity index (χ3v) is 2.91. The summed E-state index contributed by atoms with van der Waals surface area (Å²) in [6, 6.07) is 6.77. The molecular weight excluding hydrogens is 270 g/mol. The Morgan fingerprint density at radius 1 is 1.33 bits per heavy atom. The lowest BCUT2D eigenvalue weighted by atomic mass is 9.93. The van der Waals surface area contributed by atoms with Crippen molar-refractivity contribution < 1.29 is 19.4 Å². The minimum atomic E-state index is -1.37. The molecule has 0 amide bonds. The molecule has 0 aliphatic heterocycles. The van der Waals surface area contributed by atoms with Gasteiger partial charge >= 0.3 is 11.9 Å². The molecule has 0 saturated heterocycles. The average Bonchev–Trinajstić information content (AvgIpc) is 2.25. The number of rotatable bonds is 5. The van der Waals surface area contributed by atoms with E-state index in [1.807, 2.05) is 31.2 Å². The number of carbonyl (C=O) groups excluding carboxylic acids is 1. The summed E-state index contributed by atoms with van der Waals surface area (Å²) in [7, 11) is 0. The summed E-state index contributed by atoms with van der Waals surface area (Å²) >= 11 is 0. The fourth-order valence-electron chi connectivity index (χ4n) is 2.05. The van der Waals surface area contributed by atoms with E-state index in [0.29, 0.717) is 6.42 Å². The largest absolute Gasteiger partial charge is 0.481 e. The van der Waals surface area contributed by atoms with Gasteiger partial charge in [0.15, 0.2) is 5.92 Å². The van der Waals surface area contributed by atoms with Crippen LogP contribution in [0.2, 0.25) is 0 Å². The molecule has 5 nitrogen and oxygen atoms in total. The van der Waals surface area contributed by atoms with Crippen molar-refractivity contribution in [1.82, 2.24) is 0 Å². The third-order valence-electron chi connectivity index (χ3n) is 2.91. The van der Waals surface area contributed by atoms with Crippen molar-refractivity contribution in [3.8, 4) is 0 Å². The molecule has 0 radical (unpaired) electrons. The molecule has 0 heterocycles. The predicted molar refractivity (Wildman–Crippen MR) is 79.8 cm³/mol. The maximum Gasteiger partial charge on any atom is 0.322 e. The van der Waals surface area contributed by atoms with Gasteiger partial charge in [-0.3, -0.25) is 9.59 Å². The van der Waals surface area contributed by atoms with Crippen molar-refractivity contribution in [2.24, 2.45) is 11.7 Å². The number of hydrogen-bond donors (Lipinski definition) is 2. The summed E-state index contributed by atoms with van der Waals surface area (Å²) in [5.74, 6) is -3.43. The monoisotopic (exact) mass is 293 g/mol. The maximum atomic E-state index is 12.0.